The highest BCUT2D eigenvalue weighted by Crippen LogP contribution is 2.36. The van der Waals surface area contributed by atoms with Gasteiger partial charge in [-0.15, -0.1) is 0 Å². The Labute approximate surface area is 110 Å². The lowest BCUT2D eigenvalue weighted by molar-refractivity contribution is -0.137. The van der Waals surface area contributed by atoms with Crippen LogP contribution in [0.25, 0.3) is 0 Å². The molecule has 0 spiro atoms. The van der Waals surface area contributed by atoms with Crippen LogP contribution in [0.2, 0.25) is 0 Å². The molecule has 3 atom stereocenters. The third kappa shape index (κ3) is 2.07. The van der Waals surface area contributed by atoms with E-state index in [1.54, 1.807) is 12.1 Å². The molecule has 0 aromatic heterocycles. The Morgan fingerprint density at radius 3 is 2.05 bits per heavy atom. The quantitative estimate of drug-likeness (QED) is 0.756. The lowest BCUT2D eigenvalue weighted by Crippen LogP contribution is -2.50. The van der Waals surface area contributed by atoms with Crippen molar-refractivity contribution in [3.8, 4) is 12.1 Å². The molecule has 1 aromatic carbocycles. The summed E-state index contributed by atoms with van der Waals surface area (Å²) in [4.78, 5) is 23.5. The molecule has 1 heterocycles. The second-order valence-electron chi connectivity index (χ2n) is 4.45. The van der Waals surface area contributed by atoms with Gasteiger partial charge < -0.3 is 0 Å². The second-order valence-corrected chi connectivity index (χ2v) is 4.45. The van der Waals surface area contributed by atoms with E-state index in [0.29, 0.717) is 5.56 Å². The number of nitrogens with zero attached hydrogens (tertiary/aromatic N) is 2. The van der Waals surface area contributed by atoms with Crippen LogP contribution in [0.15, 0.2) is 24.3 Å². The molecule has 0 aliphatic carbocycles. The third-order valence-electron chi connectivity index (χ3n) is 3.36. The first-order chi connectivity index (χ1) is 9.10. The fourth-order valence-electron chi connectivity index (χ4n) is 2.39. The van der Waals surface area contributed by atoms with Crippen molar-refractivity contribution in [3.63, 3.8) is 0 Å². The largest absolute Gasteiger partial charge is 0.294 e. The van der Waals surface area contributed by atoms with Gasteiger partial charge in [-0.3, -0.25) is 14.9 Å². The monoisotopic (exact) mass is 253 g/mol. The first-order valence-corrected chi connectivity index (χ1v) is 5.79. The fourth-order valence-corrected chi connectivity index (χ4v) is 2.39. The average molecular weight is 253 g/mol. The number of carbonyl (C=O) groups excluding carboxylic acids is 2. The number of benzene rings is 1. The first kappa shape index (κ1) is 12.8. The van der Waals surface area contributed by atoms with E-state index in [0.717, 1.165) is 5.56 Å². The van der Waals surface area contributed by atoms with E-state index in [-0.39, 0.29) is 0 Å². The summed E-state index contributed by atoms with van der Waals surface area (Å²) in [7, 11) is 0. The Morgan fingerprint density at radius 2 is 1.58 bits per heavy atom. The highest BCUT2D eigenvalue weighted by molar-refractivity contribution is 6.03. The molecular formula is C14H11N3O2. The van der Waals surface area contributed by atoms with Crippen LogP contribution in [-0.4, -0.2) is 11.8 Å². The van der Waals surface area contributed by atoms with Crippen molar-refractivity contribution in [2.24, 2.45) is 11.8 Å². The normalized spacial score (nSPS) is 26.2. The lowest BCUT2D eigenvalue weighted by atomic mass is 9.73. The zero-order valence-electron chi connectivity index (χ0n) is 10.3. The molecule has 5 heteroatoms. The van der Waals surface area contributed by atoms with Gasteiger partial charge in [-0.2, -0.15) is 10.5 Å². The maximum atomic E-state index is 11.7. The smallest absolute Gasteiger partial charge is 0.244 e. The summed E-state index contributed by atoms with van der Waals surface area (Å²) >= 11 is 0. The Kier molecular flexibility index (Phi) is 3.31. The summed E-state index contributed by atoms with van der Waals surface area (Å²) in [5.41, 5.74) is 1.55. The molecule has 1 unspecified atom stereocenters. The van der Waals surface area contributed by atoms with Crippen molar-refractivity contribution in [1.82, 2.24) is 5.32 Å². The summed E-state index contributed by atoms with van der Waals surface area (Å²) in [5, 5.41) is 20.4. The highest BCUT2D eigenvalue weighted by atomic mass is 16.2. The van der Waals surface area contributed by atoms with Gasteiger partial charge in [-0.1, -0.05) is 24.3 Å². The van der Waals surface area contributed by atoms with Crippen molar-refractivity contribution in [1.29, 1.82) is 10.5 Å². The van der Waals surface area contributed by atoms with Crippen LogP contribution in [0.4, 0.5) is 0 Å². The lowest BCUT2D eigenvalue weighted by Gasteiger charge is -2.30. The number of aryl methyl sites for hydroxylation is 1. The molecule has 19 heavy (non-hydrogen) atoms. The number of amides is 2. The van der Waals surface area contributed by atoms with Gasteiger partial charge in [0.1, 0.15) is 11.8 Å². The van der Waals surface area contributed by atoms with Gasteiger partial charge in [0.25, 0.3) is 0 Å². The summed E-state index contributed by atoms with van der Waals surface area (Å²) in [6, 6.07) is 11.0. The molecule has 2 rings (SSSR count). The number of hydrogen-bond acceptors (Lipinski definition) is 4. The number of rotatable bonds is 1. The number of nitriles is 2. The zero-order chi connectivity index (χ0) is 14.0. The van der Waals surface area contributed by atoms with Crippen LogP contribution >= 0.6 is 0 Å². The maximum Gasteiger partial charge on any atom is 0.244 e. The minimum Gasteiger partial charge on any atom is -0.294 e. The van der Waals surface area contributed by atoms with Crippen LogP contribution in [0, 0.1) is 41.4 Å². The average Bonchev–Trinajstić information content (AvgIpc) is 2.38. The third-order valence-corrected chi connectivity index (χ3v) is 3.36. The summed E-state index contributed by atoms with van der Waals surface area (Å²) in [5.74, 6) is -4.02. The van der Waals surface area contributed by atoms with Crippen LogP contribution in [0.5, 0.6) is 0 Å². The number of imide groups is 1. The van der Waals surface area contributed by atoms with E-state index >= 15 is 0 Å². The van der Waals surface area contributed by atoms with Gasteiger partial charge >= 0.3 is 0 Å². The van der Waals surface area contributed by atoms with Gasteiger partial charge in [0, 0.05) is 5.92 Å². The summed E-state index contributed by atoms with van der Waals surface area (Å²) in [6.07, 6.45) is 0. The van der Waals surface area contributed by atoms with Crippen LogP contribution < -0.4 is 5.32 Å². The molecule has 1 aliphatic heterocycles. The van der Waals surface area contributed by atoms with Gasteiger partial charge in [-0.25, -0.2) is 0 Å². The van der Waals surface area contributed by atoms with Crippen molar-refractivity contribution in [2.45, 2.75) is 12.8 Å². The predicted molar refractivity (Wildman–Crippen MR) is 65.3 cm³/mol. The fraction of sp³-hybridized carbons (Fsp3) is 0.286. The second kappa shape index (κ2) is 4.91. The Balaban J connectivity index is 2.57. The molecule has 0 saturated carbocycles. The standard InChI is InChI=1S/C14H11N3O2/c1-8-4-2-3-5-9(8)12-10(6-15)13(18)17-14(19)11(12)7-16/h2-5,10-12H,1H3,(H,17,18,19)/t10-,11+,12?. The van der Waals surface area contributed by atoms with Gasteiger partial charge in [0.05, 0.1) is 12.1 Å². The highest BCUT2D eigenvalue weighted by Gasteiger charge is 2.45. The Morgan fingerprint density at radius 1 is 1.05 bits per heavy atom. The molecule has 1 aromatic rings. The molecule has 2 amide bonds. The number of piperidine rings is 1. The number of nitrogens with one attached hydrogen (secondary N) is 1. The van der Waals surface area contributed by atoms with E-state index in [2.05, 4.69) is 5.32 Å². The van der Waals surface area contributed by atoms with E-state index in [1.807, 2.05) is 31.2 Å². The molecule has 0 radical (unpaired) electrons. The van der Waals surface area contributed by atoms with E-state index < -0.39 is 29.6 Å². The van der Waals surface area contributed by atoms with E-state index in [1.165, 1.54) is 0 Å². The molecule has 94 valence electrons. The Hall–Kier alpha value is -2.66. The van der Waals surface area contributed by atoms with Crippen molar-refractivity contribution < 1.29 is 9.59 Å². The Bertz CT molecular complexity index is 592. The maximum absolute atomic E-state index is 11.7. The molecule has 1 aliphatic rings. The van der Waals surface area contributed by atoms with Crippen molar-refractivity contribution >= 4 is 11.8 Å². The van der Waals surface area contributed by atoms with Gasteiger partial charge in [-0.05, 0) is 18.1 Å². The van der Waals surface area contributed by atoms with Gasteiger partial charge in [0.2, 0.25) is 11.8 Å². The molecule has 1 saturated heterocycles. The van der Waals surface area contributed by atoms with Crippen molar-refractivity contribution in [2.75, 3.05) is 0 Å². The minimum absolute atomic E-state index is 0.632. The number of carbonyl (C=O) groups is 2. The van der Waals surface area contributed by atoms with Crippen LogP contribution in [0.1, 0.15) is 17.0 Å². The zero-order valence-corrected chi connectivity index (χ0v) is 10.3. The van der Waals surface area contributed by atoms with Gasteiger partial charge in [0.15, 0.2) is 0 Å². The molecule has 1 fully saturated rings. The summed E-state index contributed by atoms with van der Waals surface area (Å²) in [6.45, 7) is 1.83. The first-order valence-electron chi connectivity index (χ1n) is 5.79. The topological polar surface area (TPSA) is 93.8 Å². The molecular weight excluding hydrogens is 242 g/mol. The molecule has 5 nitrogen and oxygen atoms in total. The minimum atomic E-state index is -1.02. The van der Waals surface area contributed by atoms with Crippen molar-refractivity contribution in [3.05, 3.63) is 35.4 Å². The molecule has 0 bridgehead atoms. The SMILES string of the molecule is Cc1ccccc1C1[C@H](C#N)C(=O)NC(=O)[C@@H]1C#N. The van der Waals surface area contributed by atoms with Crippen LogP contribution in [0.3, 0.4) is 0 Å². The van der Waals surface area contributed by atoms with E-state index in [4.69, 9.17) is 10.5 Å². The predicted octanol–water partition coefficient (Wildman–Crippen LogP) is 1.01. The number of hydrogen-bond donors (Lipinski definition) is 1. The molecule has 1 N–H and O–H groups in total. The summed E-state index contributed by atoms with van der Waals surface area (Å²) < 4.78 is 0. The van der Waals surface area contributed by atoms with Crippen LogP contribution in [-0.2, 0) is 9.59 Å². The van der Waals surface area contributed by atoms with E-state index in [9.17, 15) is 9.59 Å².